The van der Waals surface area contributed by atoms with E-state index in [-0.39, 0.29) is 17.9 Å². The number of halogens is 1. The van der Waals surface area contributed by atoms with Crippen molar-refractivity contribution in [2.24, 2.45) is 0 Å². The van der Waals surface area contributed by atoms with E-state index in [1.807, 2.05) is 6.07 Å². The summed E-state index contributed by atoms with van der Waals surface area (Å²) < 4.78 is 10.4. The van der Waals surface area contributed by atoms with Crippen LogP contribution in [0.15, 0.2) is 18.2 Å². The second-order valence-electron chi connectivity index (χ2n) is 6.05. The zero-order valence-electron chi connectivity index (χ0n) is 13.1. The number of ether oxygens (including phenoxy) is 2. The van der Waals surface area contributed by atoms with Crippen LogP contribution in [0.25, 0.3) is 0 Å². The van der Waals surface area contributed by atoms with Crippen LogP contribution in [0.5, 0.6) is 0 Å². The average Bonchev–Trinajstić information content (AvgIpc) is 2.80. The maximum atomic E-state index is 12.4. The van der Waals surface area contributed by atoms with Crippen LogP contribution in [0, 0.1) is 0 Å². The van der Waals surface area contributed by atoms with Gasteiger partial charge in [-0.3, -0.25) is 9.69 Å². The van der Waals surface area contributed by atoms with Crippen molar-refractivity contribution in [3.63, 3.8) is 0 Å². The predicted octanol–water partition coefficient (Wildman–Crippen LogP) is 2.26. The lowest BCUT2D eigenvalue weighted by Gasteiger charge is -2.28. The van der Waals surface area contributed by atoms with E-state index < -0.39 is 6.09 Å². The average molecular weight is 339 g/mol. The first-order valence-electron chi connectivity index (χ1n) is 7.51. The first kappa shape index (κ1) is 16.1. The van der Waals surface area contributed by atoms with Crippen molar-refractivity contribution in [1.29, 1.82) is 0 Å². The number of carbonyl (C=O) groups is 2. The molecular weight excluding hydrogens is 320 g/mol. The minimum Gasteiger partial charge on any atom is -0.441 e. The van der Waals surface area contributed by atoms with E-state index in [1.54, 1.807) is 36.0 Å². The Morgan fingerprint density at radius 1 is 1.39 bits per heavy atom. The molecular formula is C16H19ClN2O4. The molecule has 6 nitrogen and oxygen atoms in total. The van der Waals surface area contributed by atoms with Gasteiger partial charge in [-0.25, -0.2) is 4.79 Å². The number of nitrogens with zero attached hydrogens (tertiary/aromatic N) is 2. The number of hydrogen-bond donors (Lipinski definition) is 0. The lowest BCUT2D eigenvalue weighted by Crippen LogP contribution is -2.42. The molecule has 0 aromatic heterocycles. The van der Waals surface area contributed by atoms with E-state index in [9.17, 15) is 9.59 Å². The Labute approximate surface area is 139 Å². The fraction of sp³-hybridized carbons (Fsp3) is 0.500. The molecule has 0 radical (unpaired) electrons. The predicted molar refractivity (Wildman–Crippen MR) is 85.9 cm³/mol. The molecule has 23 heavy (non-hydrogen) atoms. The van der Waals surface area contributed by atoms with E-state index in [4.69, 9.17) is 21.1 Å². The molecule has 2 aliphatic heterocycles. The van der Waals surface area contributed by atoms with E-state index >= 15 is 0 Å². The highest BCUT2D eigenvalue weighted by Gasteiger charge is 2.36. The van der Waals surface area contributed by atoms with Gasteiger partial charge in [-0.2, -0.15) is 0 Å². The third-order valence-corrected chi connectivity index (χ3v) is 4.37. The molecule has 0 bridgehead atoms. The number of carbonyl (C=O) groups excluding carboxylic acids is 2. The third-order valence-electron chi connectivity index (χ3n) is 4.14. The first-order valence-corrected chi connectivity index (χ1v) is 7.89. The maximum Gasteiger partial charge on any atom is 0.414 e. The molecule has 0 spiro atoms. The van der Waals surface area contributed by atoms with Crippen molar-refractivity contribution < 1.29 is 19.1 Å². The molecule has 124 valence electrons. The third kappa shape index (κ3) is 3.28. The molecule has 3 rings (SSSR count). The van der Waals surface area contributed by atoms with E-state index in [1.165, 1.54) is 0 Å². The zero-order chi connectivity index (χ0) is 16.6. The van der Waals surface area contributed by atoms with Gasteiger partial charge < -0.3 is 14.4 Å². The molecule has 1 unspecified atom stereocenters. The van der Waals surface area contributed by atoms with Gasteiger partial charge in [0.2, 0.25) is 5.91 Å². The molecule has 1 atom stereocenters. The normalized spacial score (nSPS) is 20.0. The molecule has 2 amide bonds. The Morgan fingerprint density at radius 3 is 2.74 bits per heavy atom. The lowest BCUT2D eigenvalue weighted by atomic mass is 9.97. The van der Waals surface area contributed by atoms with Crippen molar-refractivity contribution in [2.75, 3.05) is 38.8 Å². The summed E-state index contributed by atoms with van der Waals surface area (Å²) in [5.74, 6) is -0.0627. The summed E-state index contributed by atoms with van der Waals surface area (Å²) in [4.78, 5) is 27.6. The van der Waals surface area contributed by atoms with Crippen molar-refractivity contribution in [3.8, 4) is 0 Å². The monoisotopic (exact) mass is 338 g/mol. The summed E-state index contributed by atoms with van der Waals surface area (Å²) in [6.45, 7) is 1.30. The van der Waals surface area contributed by atoms with Crippen LogP contribution >= 0.6 is 11.6 Å². The summed E-state index contributed by atoms with van der Waals surface area (Å²) >= 11 is 6.08. The Bertz CT molecular complexity index is 631. The summed E-state index contributed by atoms with van der Waals surface area (Å²) in [6.07, 6.45) is -0.251. The Morgan fingerprint density at radius 2 is 2.13 bits per heavy atom. The highest BCUT2D eigenvalue weighted by Crippen LogP contribution is 2.40. The van der Waals surface area contributed by atoms with Crippen molar-refractivity contribution >= 4 is 29.3 Å². The topological polar surface area (TPSA) is 59.1 Å². The van der Waals surface area contributed by atoms with Crippen LogP contribution in [0.3, 0.4) is 0 Å². The minimum atomic E-state index is -0.401. The molecule has 1 aromatic rings. The van der Waals surface area contributed by atoms with Crippen LogP contribution in [0.1, 0.15) is 17.9 Å². The van der Waals surface area contributed by atoms with Crippen LogP contribution in [0.2, 0.25) is 5.02 Å². The van der Waals surface area contributed by atoms with Gasteiger partial charge in [-0.15, -0.1) is 0 Å². The van der Waals surface area contributed by atoms with Crippen LogP contribution < -0.4 is 4.90 Å². The molecule has 2 aliphatic rings. The van der Waals surface area contributed by atoms with Gasteiger partial charge in [0.25, 0.3) is 0 Å². The number of amides is 2. The van der Waals surface area contributed by atoms with Gasteiger partial charge >= 0.3 is 6.09 Å². The molecule has 2 heterocycles. The van der Waals surface area contributed by atoms with Gasteiger partial charge in [0.15, 0.2) is 6.10 Å². The number of anilines is 1. The SMILES string of the molecule is CN(C)C(=O)CC1CN(C(=O)OC2COC2)c2ccc(Cl)cc21. The Hall–Kier alpha value is -1.79. The molecule has 1 saturated heterocycles. The molecule has 0 aliphatic carbocycles. The molecule has 0 N–H and O–H groups in total. The second kappa shape index (κ2) is 6.37. The van der Waals surface area contributed by atoms with Crippen molar-refractivity contribution in [1.82, 2.24) is 4.90 Å². The van der Waals surface area contributed by atoms with Gasteiger partial charge in [0.05, 0.1) is 18.9 Å². The fourth-order valence-corrected chi connectivity index (χ4v) is 2.92. The largest absolute Gasteiger partial charge is 0.441 e. The standard InChI is InChI=1S/C16H19ClN2O4/c1-18(2)15(20)5-10-7-19(16(21)23-12-8-22-9-12)14-4-3-11(17)6-13(10)14/h3-4,6,10,12H,5,7-9H2,1-2H3. The van der Waals surface area contributed by atoms with Gasteiger partial charge in [0, 0.05) is 38.0 Å². The number of rotatable bonds is 3. The van der Waals surface area contributed by atoms with Gasteiger partial charge in [-0.05, 0) is 23.8 Å². The van der Waals surface area contributed by atoms with Crippen LogP contribution in [-0.2, 0) is 14.3 Å². The lowest BCUT2D eigenvalue weighted by molar-refractivity contribution is -0.129. The first-order chi connectivity index (χ1) is 11.0. The van der Waals surface area contributed by atoms with Gasteiger partial charge in [-0.1, -0.05) is 11.6 Å². The molecule has 0 saturated carbocycles. The van der Waals surface area contributed by atoms with E-state index in [0.29, 0.717) is 31.2 Å². The Balaban J connectivity index is 1.80. The van der Waals surface area contributed by atoms with Crippen molar-refractivity contribution in [3.05, 3.63) is 28.8 Å². The number of fused-ring (bicyclic) bond motifs is 1. The molecule has 7 heteroatoms. The fourth-order valence-electron chi connectivity index (χ4n) is 2.74. The number of benzene rings is 1. The van der Waals surface area contributed by atoms with Crippen molar-refractivity contribution in [2.45, 2.75) is 18.4 Å². The summed E-state index contributed by atoms with van der Waals surface area (Å²) in [7, 11) is 3.44. The Kier molecular flexibility index (Phi) is 4.46. The smallest absolute Gasteiger partial charge is 0.414 e. The summed E-state index contributed by atoms with van der Waals surface area (Å²) in [6, 6.07) is 5.36. The molecule has 1 aromatic carbocycles. The van der Waals surface area contributed by atoms with Crippen LogP contribution in [0.4, 0.5) is 10.5 Å². The highest BCUT2D eigenvalue weighted by atomic mass is 35.5. The maximum absolute atomic E-state index is 12.4. The van der Waals surface area contributed by atoms with E-state index in [2.05, 4.69) is 0 Å². The van der Waals surface area contributed by atoms with E-state index in [0.717, 1.165) is 11.3 Å². The zero-order valence-corrected chi connectivity index (χ0v) is 13.9. The summed E-state index contributed by atoms with van der Waals surface area (Å²) in [5.41, 5.74) is 1.67. The molecule has 1 fully saturated rings. The van der Waals surface area contributed by atoms with Gasteiger partial charge in [0.1, 0.15) is 0 Å². The summed E-state index contributed by atoms with van der Waals surface area (Å²) in [5, 5.41) is 0.591. The highest BCUT2D eigenvalue weighted by molar-refractivity contribution is 6.30. The number of hydrogen-bond acceptors (Lipinski definition) is 4. The van der Waals surface area contributed by atoms with Crippen LogP contribution in [-0.4, -0.2) is 56.9 Å². The minimum absolute atomic E-state index is 0.0172. The second-order valence-corrected chi connectivity index (χ2v) is 6.48. The quantitative estimate of drug-likeness (QED) is 0.848.